The van der Waals surface area contributed by atoms with Gasteiger partial charge in [0.25, 0.3) is 0 Å². The van der Waals surface area contributed by atoms with Gasteiger partial charge in [-0.15, -0.1) is 0 Å². The van der Waals surface area contributed by atoms with Crippen LogP contribution in [-0.2, 0) is 9.47 Å². The third-order valence-corrected chi connectivity index (χ3v) is 0.287. The summed E-state index contributed by atoms with van der Waals surface area (Å²) < 4.78 is 8.44. The smallest absolute Gasteiger partial charge is 0.175 e. The fourth-order valence-corrected chi connectivity index (χ4v) is 0.134. The Bertz CT molecular complexity index is 118. The summed E-state index contributed by atoms with van der Waals surface area (Å²) >= 11 is 0. The van der Waals surface area contributed by atoms with Crippen LogP contribution in [-0.4, -0.2) is 0 Å². The molecule has 0 aromatic heterocycles. The SMILES string of the molecule is C1#COC#CO1. The highest BCUT2D eigenvalue weighted by Gasteiger charge is 1.72. The van der Waals surface area contributed by atoms with E-state index >= 15 is 0 Å². The van der Waals surface area contributed by atoms with Crippen LogP contribution >= 0.6 is 0 Å². The first-order valence-electron chi connectivity index (χ1n) is 1.32. The lowest BCUT2D eigenvalue weighted by Crippen LogP contribution is -1.76. The molecular formula is C4O2. The maximum absolute atomic E-state index is 4.22. The fourth-order valence-electron chi connectivity index (χ4n) is 0.134. The Morgan fingerprint density at radius 1 is 0.667 bits per heavy atom. The van der Waals surface area contributed by atoms with Crippen molar-refractivity contribution in [2.45, 2.75) is 0 Å². The van der Waals surface area contributed by atoms with Crippen molar-refractivity contribution in [2.75, 3.05) is 0 Å². The monoisotopic (exact) mass is 80.0 g/mol. The lowest BCUT2D eigenvalue weighted by atomic mass is 11.0. The van der Waals surface area contributed by atoms with Crippen LogP contribution in [0.4, 0.5) is 0 Å². The van der Waals surface area contributed by atoms with Gasteiger partial charge in [-0.3, -0.25) is 0 Å². The third kappa shape index (κ3) is 0.361. The Balaban J connectivity index is 2.57. The lowest BCUT2D eigenvalue weighted by molar-refractivity contribution is 0.399. The second kappa shape index (κ2) is 1.24. The van der Waals surface area contributed by atoms with E-state index in [9.17, 15) is 0 Å². The van der Waals surface area contributed by atoms with Crippen LogP contribution in [0.5, 0.6) is 0 Å². The van der Waals surface area contributed by atoms with Gasteiger partial charge in [0.2, 0.25) is 0 Å². The van der Waals surface area contributed by atoms with E-state index in [-0.39, 0.29) is 0 Å². The first kappa shape index (κ1) is 2.93. The molecule has 0 radical (unpaired) electrons. The van der Waals surface area contributed by atoms with Gasteiger partial charge in [-0.1, -0.05) is 0 Å². The van der Waals surface area contributed by atoms with Crippen LogP contribution in [0.3, 0.4) is 0 Å². The summed E-state index contributed by atoms with van der Waals surface area (Å²) in [7, 11) is 0. The zero-order valence-electron chi connectivity index (χ0n) is 2.82. The number of rotatable bonds is 0. The predicted molar refractivity (Wildman–Crippen MR) is 17.7 cm³/mol. The van der Waals surface area contributed by atoms with Crippen molar-refractivity contribution in [3.05, 3.63) is 0 Å². The highest BCUT2D eigenvalue weighted by Crippen LogP contribution is 1.71. The molecule has 0 bridgehead atoms. The summed E-state index contributed by atoms with van der Waals surface area (Å²) in [6, 6.07) is 0. The second-order valence-electron chi connectivity index (χ2n) is 0.612. The Morgan fingerprint density at radius 3 is 1.17 bits per heavy atom. The summed E-state index contributed by atoms with van der Waals surface area (Å²) in [6.07, 6.45) is 8.56. The van der Waals surface area contributed by atoms with E-state index < -0.39 is 0 Å². The van der Waals surface area contributed by atoms with Gasteiger partial charge in [-0.05, 0) is 0 Å². The van der Waals surface area contributed by atoms with E-state index in [4.69, 9.17) is 0 Å². The minimum atomic E-state index is 2.14. The Morgan fingerprint density at radius 2 is 1.00 bits per heavy atom. The van der Waals surface area contributed by atoms with Gasteiger partial charge in [0.15, 0.2) is 24.4 Å². The molecule has 2 nitrogen and oxygen atoms in total. The fraction of sp³-hybridized carbons (Fsp3) is 0. The van der Waals surface area contributed by atoms with E-state index in [1.165, 1.54) is 0 Å². The second-order valence-corrected chi connectivity index (χ2v) is 0.612. The molecule has 2 heteroatoms. The van der Waals surface area contributed by atoms with E-state index in [1.54, 1.807) is 0 Å². The molecule has 0 saturated carbocycles. The molecule has 1 aliphatic heterocycles. The summed E-state index contributed by atoms with van der Waals surface area (Å²) in [4.78, 5) is 0. The minimum Gasteiger partial charge on any atom is -0.350 e. The van der Waals surface area contributed by atoms with Gasteiger partial charge < -0.3 is 9.47 Å². The topological polar surface area (TPSA) is 18.5 Å². The molecule has 0 spiro atoms. The van der Waals surface area contributed by atoms with Crippen LogP contribution < -0.4 is 0 Å². The molecule has 1 heterocycles. The maximum atomic E-state index is 4.22. The standard InChI is InChI=1S/C4O2/c1-2-6-4-3-5-1. The molecule has 0 N–H and O–H groups in total. The highest BCUT2D eigenvalue weighted by atomic mass is 16.5. The molecular weight excluding hydrogens is 80.0 g/mol. The van der Waals surface area contributed by atoms with E-state index in [2.05, 4.69) is 33.9 Å². The Hall–Kier alpha value is -1.28. The first-order chi connectivity index (χ1) is 3.00. The molecule has 0 aromatic carbocycles. The van der Waals surface area contributed by atoms with Gasteiger partial charge in [0.1, 0.15) is 0 Å². The summed E-state index contributed by atoms with van der Waals surface area (Å²) in [5, 5.41) is 0. The summed E-state index contributed by atoms with van der Waals surface area (Å²) in [5.41, 5.74) is 0. The Kier molecular flexibility index (Phi) is 0.604. The largest absolute Gasteiger partial charge is 0.350 e. The normalized spacial score (nSPS) is 10.7. The molecule has 1 rings (SSSR count). The first-order valence-corrected chi connectivity index (χ1v) is 1.32. The molecule has 0 aromatic rings. The quantitative estimate of drug-likeness (QED) is 0.377. The van der Waals surface area contributed by atoms with Gasteiger partial charge in [-0.25, -0.2) is 0 Å². The van der Waals surface area contributed by atoms with Crippen molar-refractivity contribution in [2.24, 2.45) is 0 Å². The zero-order chi connectivity index (χ0) is 4.24. The van der Waals surface area contributed by atoms with Crippen LogP contribution in [0, 0.1) is 24.4 Å². The van der Waals surface area contributed by atoms with Crippen LogP contribution in [0.25, 0.3) is 0 Å². The molecule has 0 aliphatic carbocycles. The van der Waals surface area contributed by atoms with Crippen molar-refractivity contribution in [1.29, 1.82) is 0 Å². The average molecular weight is 80.0 g/mol. The zero-order valence-corrected chi connectivity index (χ0v) is 2.82. The molecule has 0 amide bonds. The van der Waals surface area contributed by atoms with Crippen LogP contribution in [0.1, 0.15) is 0 Å². The van der Waals surface area contributed by atoms with Crippen LogP contribution in [0.2, 0.25) is 0 Å². The van der Waals surface area contributed by atoms with Crippen LogP contribution in [0.15, 0.2) is 0 Å². The lowest BCUT2D eigenvalue weighted by Gasteiger charge is -1.79. The van der Waals surface area contributed by atoms with E-state index in [0.717, 1.165) is 0 Å². The van der Waals surface area contributed by atoms with Gasteiger partial charge in [-0.2, -0.15) is 0 Å². The molecule has 6 heavy (non-hydrogen) atoms. The van der Waals surface area contributed by atoms with Crippen molar-refractivity contribution >= 4 is 0 Å². The van der Waals surface area contributed by atoms with Crippen molar-refractivity contribution in [1.82, 2.24) is 0 Å². The van der Waals surface area contributed by atoms with Gasteiger partial charge >= 0.3 is 0 Å². The Labute approximate surface area is 35.1 Å². The van der Waals surface area contributed by atoms with E-state index in [0.29, 0.717) is 0 Å². The van der Waals surface area contributed by atoms with Crippen molar-refractivity contribution in [3.8, 4) is 24.4 Å². The molecule has 0 unspecified atom stereocenters. The molecule has 0 fully saturated rings. The highest BCUT2D eigenvalue weighted by molar-refractivity contribution is 4.98. The van der Waals surface area contributed by atoms with E-state index in [1.807, 2.05) is 0 Å². The van der Waals surface area contributed by atoms with Gasteiger partial charge in [0.05, 0.1) is 0 Å². The number of hydrogen-bond donors (Lipinski definition) is 0. The maximum Gasteiger partial charge on any atom is 0.175 e. The summed E-state index contributed by atoms with van der Waals surface area (Å²) in [6.45, 7) is 0. The molecule has 28 valence electrons. The molecule has 1 aliphatic rings. The van der Waals surface area contributed by atoms with Crippen molar-refractivity contribution < 1.29 is 9.47 Å². The predicted octanol–water partition coefficient (Wildman–Crippen LogP) is -0.130. The molecule has 0 saturated heterocycles. The molecule has 0 atom stereocenters. The number of ether oxygens (including phenoxy) is 2. The van der Waals surface area contributed by atoms with Gasteiger partial charge in [0, 0.05) is 0 Å². The van der Waals surface area contributed by atoms with Crippen molar-refractivity contribution in [3.63, 3.8) is 0 Å². The average Bonchev–Trinajstić information content (AvgIpc) is 1.72. The number of hydrogen-bond acceptors (Lipinski definition) is 2. The third-order valence-electron chi connectivity index (χ3n) is 0.287. The minimum absolute atomic E-state index is 2.14. The summed E-state index contributed by atoms with van der Waals surface area (Å²) in [5.74, 6) is 0.